The van der Waals surface area contributed by atoms with Gasteiger partial charge in [-0.3, -0.25) is 14.5 Å². The van der Waals surface area contributed by atoms with Crippen molar-refractivity contribution in [1.82, 2.24) is 14.8 Å². The molecule has 5 heteroatoms. The number of hydrogen-bond acceptors (Lipinski definition) is 3. The molecule has 5 nitrogen and oxygen atoms in total. The summed E-state index contributed by atoms with van der Waals surface area (Å²) in [6, 6.07) is 14.0. The number of aromatic nitrogens is 3. The van der Waals surface area contributed by atoms with Gasteiger partial charge in [0, 0.05) is 18.5 Å². The first kappa shape index (κ1) is 17.9. The highest BCUT2D eigenvalue weighted by molar-refractivity contribution is 5.91. The van der Waals surface area contributed by atoms with Gasteiger partial charge in [0.1, 0.15) is 0 Å². The predicted octanol–water partition coefficient (Wildman–Crippen LogP) is 3.94. The fourth-order valence-electron chi connectivity index (χ4n) is 2.67. The first-order valence-electron chi connectivity index (χ1n) is 8.83. The average Bonchev–Trinajstić information content (AvgIpc) is 3.04. The molecule has 0 saturated carbocycles. The van der Waals surface area contributed by atoms with E-state index in [0.717, 1.165) is 16.8 Å². The number of pyridine rings is 1. The number of aryl methyl sites for hydroxylation is 1. The molecule has 0 fully saturated rings. The summed E-state index contributed by atoms with van der Waals surface area (Å²) in [7, 11) is 0. The van der Waals surface area contributed by atoms with Crippen LogP contribution in [0.5, 0.6) is 0 Å². The maximum absolute atomic E-state index is 12.2. The van der Waals surface area contributed by atoms with Crippen molar-refractivity contribution in [1.29, 1.82) is 0 Å². The maximum atomic E-state index is 12.2. The van der Waals surface area contributed by atoms with Crippen LogP contribution in [0, 0.1) is 6.92 Å². The maximum Gasteiger partial charge on any atom is 0.229 e. The Kier molecular flexibility index (Phi) is 5.46. The molecule has 26 heavy (non-hydrogen) atoms. The third-order valence-electron chi connectivity index (χ3n) is 4.22. The van der Waals surface area contributed by atoms with Crippen LogP contribution in [0.25, 0.3) is 0 Å². The fraction of sp³-hybridized carbons (Fsp3) is 0.286. The minimum absolute atomic E-state index is 0.0685. The van der Waals surface area contributed by atoms with Gasteiger partial charge < -0.3 is 5.32 Å². The highest BCUT2D eigenvalue weighted by Gasteiger charge is 2.08. The van der Waals surface area contributed by atoms with Crippen molar-refractivity contribution in [3.8, 4) is 0 Å². The van der Waals surface area contributed by atoms with E-state index in [2.05, 4.69) is 41.4 Å². The van der Waals surface area contributed by atoms with Crippen molar-refractivity contribution in [3.63, 3.8) is 0 Å². The summed E-state index contributed by atoms with van der Waals surface area (Å²) >= 11 is 0. The highest BCUT2D eigenvalue weighted by Crippen LogP contribution is 2.15. The number of carbonyl (C=O) groups is 1. The standard InChI is InChI=1S/C21H24N4O/c1-15(2)18-7-5-17(6-8-18)12-21(26)23-20-10-11-25(24-20)14-19-9-4-16(3)13-22-19/h4-11,13,15H,12,14H2,1-3H3,(H,23,24,26). The first-order chi connectivity index (χ1) is 12.5. The van der Waals surface area contributed by atoms with Crippen LogP contribution >= 0.6 is 0 Å². The first-order valence-corrected chi connectivity index (χ1v) is 8.83. The van der Waals surface area contributed by atoms with Gasteiger partial charge in [-0.05, 0) is 35.6 Å². The van der Waals surface area contributed by atoms with Crippen LogP contribution in [0.15, 0.2) is 54.9 Å². The van der Waals surface area contributed by atoms with Gasteiger partial charge >= 0.3 is 0 Å². The molecule has 0 unspecified atom stereocenters. The Hall–Kier alpha value is -2.95. The molecule has 2 aromatic heterocycles. The van der Waals surface area contributed by atoms with E-state index in [4.69, 9.17) is 0 Å². The molecular weight excluding hydrogens is 324 g/mol. The topological polar surface area (TPSA) is 59.8 Å². The lowest BCUT2D eigenvalue weighted by atomic mass is 10.0. The zero-order valence-electron chi connectivity index (χ0n) is 15.4. The lowest BCUT2D eigenvalue weighted by Crippen LogP contribution is -2.15. The zero-order chi connectivity index (χ0) is 18.5. The van der Waals surface area contributed by atoms with Crippen LogP contribution in [0.1, 0.15) is 42.1 Å². The Morgan fingerprint density at radius 1 is 1.12 bits per heavy atom. The van der Waals surface area contributed by atoms with E-state index in [-0.39, 0.29) is 5.91 Å². The van der Waals surface area contributed by atoms with Gasteiger partial charge in [0.25, 0.3) is 0 Å². The number of amides is 1. The van der Waals surface area contributed by atoms with Gasteiger partial charge in [0.05, 0.1) is 18.7 Å². The number of hydrogen-bond donors (Lipinski definition) is 1. The van der Waals surface area contributed by atoms with E-state index in [1.165, 1.54) is 5.56 Å². The molecule has 3 aromatic rings. The Labute approximate surface area is 154 Å². The largest absolute Gasteiger partial charge is 0.309 e. The molecular formula is C21H24N4O. The van der Waals surface area contributed by atoms with Gasteiger partial charge in [0.2, 0.25) is 5.91 Å². The highest BCUT2D eigenvalue weighted by atomic mass is 16.1. The Morgan fingerprint density at radius 2 is 1.88 bits per heavy atom. The number of nitrogens with zero attached hydrogens (tertiary/aromatic N) is 3. The molecule has 0 atom stereocenters. The molecule has 1 aromatic carbocycles. The second-order valence-corrected chi connectivity index (χ2v) is 6.85. The molecule has 1 amide bonds. The lowest BCUT2D eigenvalue weighted by Gasteiger charge is -2.07. The normalized spacial score (nSPS) is 10.9. The molecule has 134 valence electrons. The van der Waals surface area contributed by atoms with Crippen LogP contribution in [-0.4, -0.2) is 20.7 Å². The van der Waals surface area contributed by atoms with E-state index < -0.39 is 0 Å². The molecule has 0 spiro atoms. The fourth-order valence-corrected chi connectivity index (χ4v) is 2.67. The SMILES string of the molecule is Cc1ccc(Cn2ccc(NC(=O)Cc3ccc(C(C)C)cc3)n2)nc1. The summed E-state index contributed by atoms with van der Waals surface area (Å²) in [5.41, 5.74) is 4.33. The molecule has 3 rings (SSSR count). The smallest absolute Gasteiger partial charge is 0.229 e. The van der Waals surface area contributed by atoms with Gasteiger partial charge in [0.15, 0.2) is 5.82 Å². The summed E-state index contributed by atoms with van der Waals surface area (Å²) in [4.78, 5) is 16.6. The minimum Gasteiger partial charge on any atom is -0.309 e. The van der Waals surface area contributed by atoms with Crippen LogP contribution in [-0.2, 0) is 17.8 Å². The Bertz CT molecular complexity index is 864. The Balaban J connectivity index is 1.56. The predicted molar refractivity (Wildman–Crippen MR) is 103 cm³/mol. The van der Waals surface area contributed by atoms with Crippen LogP contribution in [0.4, 0.5) is 5.82 Å². The van der Waals surface area contributed by atoms with Crippen molar-refractivity contribution in [2.45, 2.75) is 39.7 Å². The minimum atomic E-state index is -0.0685. The van der Waals surface area contributed by atoms with Gasteiger partial charge in [-0.2, -0.15) is 5.10 Å². The number of anilines is 1. The molecule has 0 bridgehead atoms. The van der Waals surface area contributed by atoms with Crippen molar-refractivity contribution in [3.05, 3.63) is 77.2 Å². The van der Waals surface area contributed by atoms with Crippen molar-refractivity contribution in [2.24, 2.45) is 0 Å². The summed E-state index contributed by atoms with van der Waals surface area (Å²) in [6.45, 7) is 6.90. The second kappa shape index (κ2) is 7.95. The monoisotopic (exact) mass is 348 g/mol. The van der Waals surface area contributed by atoms with E-state index in [1.807, 2.05) is 43.6 Å². The van der Waals surface area contributed by atoms with Crippen molar-refractivity contribution >= 4 is 11.7 Å². The molecule has 1 N–H and O–H groups in total. The van der Waals surface area contributed by atoms with Crippen LogP contribution < -0.4 is 5.32 Å². The number of rotatable bonds is 6. The molecule has 2 heterocycles. The quantitative estimate of drug-likeness (QED) is 0.734. The van der Waals surface area contributed by atoms with Crippen LogP contribution in [0.3, 0.4) is 0 Å². The third kappa shape index (κ3) is 4.79. The van der Waals surface area contributed by atoms with Crippen molar-refractivity contribution in [2.75, 3.05) is 5.32 Å². The molecule has 0 radical (unpaired) electrons. The molecule has 0 aliphatic heterocycles. The number of nitrogens with one attached hydrogen (secondary N) is 1. The summed E-state index contributed by atoms with van der Waals surface area (Å²) in [5, 5.41) is 7.24. The second-order valence-electron chi connectivity index (χ2n) is 6.85. The van der Waals surface area contributed by atoms with E-state index in [9.17, 15) is 4.79 Å². The number of benzene rings is 1. The van der Waals surface area contributed by atoms with Gasteiger partial charge in [-0.25, -0.2) is 0 Å². The lowest BCUT2D eigenvalue weighted by molar-refractivity contribution is -0.115. The van der Waals surface area contributed by atoms with Gasteiger partial charge in [-0.1, -0.05) is 44.2 Å². The van der Waals surface area contributed by atoms with E-state index in [1.54, 1.807) is 10.7 Å². The van der Waals surface area contributed by atoms with E-state index in [0.29, 0.717) is 24.7 Å². The number of carbonyl (C=O) groups excluding carboxylic acids is 1. The molecule has 0 aliphatic carbocycles. The van der Waals surface area contributed by atoms with Crippen LogP contribution in [0.2, 0.25) is 0 Å². The third-order valence-corrected chi connectivity index (χ3v) is 4.22. The van der Waals surface area contributed by atoms with Gasteiger partial charge in [-0.15, -0.1) is 0 Å². The average molecular weight is 348 g/mol. The van der Waals surface area contributed by atoms with E-state index >= 15 is 0 Å². The Morgan fingerprint density at radius 3 is 2.54 bits per heavy atom. The molecule has 0 aliphatic rings. The summed E-state index contributed by atoms with van der Waals surface area (Å²) in [6.07, 6.45) is 4.02. The molecule has 0 saturated heterocycles. The summed E-state index contributed by atoms with van der Waals surface area (Å²) in [5.74, 6) is 0.979. The summed E-state index contributed by atoms with van der Waals surface area (Å²) < 4.78 is 1.77. The zero-order valence-corrected chi connectivity index (χ0v) is 15.4. The van der Waals surface area contributed by atoms with Crippen molar-refractivity contribution < 1.29 is 4.79 Å².